The fraction of sp³-hybridized carbons (Fsp3) is 0. The van der Waals surface area contributed by atoms with E-state index in [4.69, 9.17) is 15.0 Å². The molecule has 0 saturated heterocycles. The summed E-state index contributed by atoms with van der Waals surface area (Å²) in [6.07, 6.45) is 1.83. The number of hydrogen-bond acceptors (Lipinski definition) is 4. The molecule has 3 heterocycles. The molecular weight excluding hydrogens is 609 g/mol. The molecule has 0 aliphatic carbocycles. The summed E-state index contributed by atoms with van der Waals surface area (Å²) in [7, 11) is 0. The van der Waals surface area contributed by atoms with Crippen LogP contribution in [0.3, 0.4) is 0 Å². The highest BCUT2D eigenvalue weighted by Crippen LogP contribution is 2.39. The van der Waals surface area contributed by atoms with E-state index in [9.17, 15) is 0 Å². The zero-order valence-electron chi connectivity index (χ0n) is 27.1. The third-order valence-electron chi connectivity index (χ3n) is 9.15. The van der Waals surface area contributed by atoms with Crippen LogP contribution in [0.4, 0.5) is 0 Å². The van der Waals surface area contributed by atoms with Gasteiger partial charge < -0.3 is 0 Å². The molecule has 0 aliphatic rings. The van der Waals surface area contributed by atoms with Gasteiger partial charge in [0.15, 0.2) is 5.82 Å². The van der Waals surface area contributed by atoms with Crippen LogP contribution in [0.1, 0.15) is 0 Å². The van der Waals surface area contributed by atoms with E-state index in [0.29, 0.717) is 5.82 Å². The Bertz CT molecular complexity index is 2550. The lowest BCUT2D eigenvalue weighted by Gasteiger charge is -2.15. The second-order valence-corrected chi connectivity index (χ2v) is 12.3. The Balaban J connectivity index is 1.17. The summed E-state index contributed by atoms with van der Waals surface area (Å²) in [5.41, 5.74) is 12.1. The van der Waals surface area contributed by atoms with Crippen LogP contribution in [-0.4, -0.2) is 19.9 Å². The number of pyridine rings is 2. The van der Waals surface area contributed by atoms with Crippen LogP contribution in [0.5, 0.6) is 0 Å². The molecule has 4 nitrogen and oxygen atoms in total. The van der Waals surface area contributed by atoms with Crippen molar-refractivity contribution in [3.63, 3.8) is 0 Å². The van der Waals surface area contributed by atoms with Gasteiger partial charge in [0.1, 0.15) is 0 Å². The lowest BCUT2D eigenvalue weighted by atomic mass is 9.92. The minimum atomic E-state index is 0.708. The lowest BCUT2D eigenvalue weighted by molar-refractivity contribution is 1.18. The topological polar surface area (TPSA) is 51.6 Å². The number of aromatic nitrogens is 4. The van der Waals surface area contributed by atoms with Gasteiger partial charge in [-0.2, -0.15) is 0 Å². The van der Waals surface area contributed by atoms with Gasteiger partial charge in [0.25, 0.3) is 0 Å². The average Bonchev–Trinajstić information content (AvgIpc) is 3.21. The number of rotatable bonds is 6. The van der Waals surface area contributed by atoms with Gasteiger partial charge in [-0.1, -0.05) is 146 Å². The van der Waals surface area contributed by atoms with Crippen LogP contribution >= 0.6 is 0 Å². The van der Waals surface area contributed by atoms with Crippen LogP contribution < -0.4 is 0 Å². The normalized spacial score (nSPS) is 11.2. The van der Waals surface area contributed by atoms with Gasteiger partial charge >= 0.3 is 0 Å². The first-order chi connectivity index (χ1) is 24.8. The Labute approximate surface area is 290 Å². The Morgan fingerprint density at radius 3 is 1.62 bits per heavy atom. The van der Waals surface area contributed by atoms with E-state index in [1.165, 1.54) is 16.5 Å². The molecule has 0 saturated carbocycles. The predicted octanol–water partition coefficient (Wildman–Crippen LogP) is 11.6. The second-order valence-electron chi connectivity index (χ2n) is 12.3. The molecule has 234 valence electrons. The van der Waals surface area contributed by atoms with Crippen LogP contribution in [0.2, 0.25) is 0 Å². The molecule has 0 fully saturated rings. The van der Waals surface area contributed by atoms with Crippen molar-refractivity contribution in [1.29, 1.82) is 0 Å². The Morgan fingerprint density at radius 2 is 0.940 bits per heavy atom. The summed E-state index contributed by atoms with van der Waals surface area (Å²) >= 11 is 0. The standard InChI is InChI=1S/C46H30N4/c1-4-13-32(14-5-1)37-19-12-20-38-44(37)39-29-36(26-27-40(39)48-45(38)41-21-10-11-28-47-41)31-22-24-34(25-23-31)43-30-42(33-15-6-2-7-16-33)49-46(50-43)35-17-8-3-9-18-35/h1-30H. The van der Waals surface area contributed by atoms with Gasteiger partial charge in [-0.15, -0.1) is 0 Å². The predicted molar refractivity (Wildman–Crippen MR) is 205 cm³/mol. The van der Waals surface area contributed by atoms with Gasteiger partial charge in [0, 0.05) is 39.0 Å². The summed E-state index contributed by atoms with van der Waals surface area (Å²) in [4.78, 5) is 19.8. The van der Waals surface area contributed by atoms with Gasteiger partial charge in [0.05, 0.1) is 28.3 Å². The van der Waals surface area contributed by atoms with Crippen molar-refractivity contribution in [3.05, 3.63) is 182 Å². The van der Waals surface area contributed by atoms with Crippen molar-refractivity contribution in [3.8, 4) is 67.5 Å². The third-order valence-corrected chi connectivity index (χ3v) is 9.15. The first kappa shape index (κ1) is 29.4. The first-order valence-electron chi connectivity index (χ1n) is 16.7. The van der Waals surface area contributed by atoms with Crippen LogP contribution in [0.25, 0.3) is 89.2 Å². The lowest BCUT2D eigenvalue weighted by Crippen LogP contribution is -1.96. The number of hydrogen-bond donors (Lipinski definition) is 0. The second kappa shape index (κ2) is 12.7. The van der Waals surface area contributed by atoms with E-state index in [1.54, 1.807) is 0 Å². The molecule has 0 atom stereocenters. The van der Waals surface area contributed by atoms with E-state index >= 15 is 0 Å². The summed E-state index contributed by atoms with van der Waals surface area (Å²) in [6, 6.07) is 60.8. The van der Waals surface area contributed by atoms with Crippen molar-refractivity contribution in [2.24, 2.45) is 0 Å². The van der Waals surface area contributed by atoms with Crippen LogP contribution in [0.15, 0.2) is 182 Å². The molecule has 0 N–H and O–H groups in total. The molecule has 9 aromatic rings. The molecule has 0 amide bonds. The quantitative estimate of drug-likeness (QED) is 0.170. The van der Waals surface area contributed by atoms with Gasteiger partial charge in [-0.05, 0) is 52.6 Å². The highest BCUT2D eigenvalue weighted by Gasteiger charge is 2.16. The van der Waals surface area contributed by atoms with Crippen molar-refractivity contribution < 1.29 is 0 Å². The smallest absolute Gasteiger partial charge is 0.160 e. The minimum absolute atomic E-state index is 0.708. The molecule has 0 unspecified atom stereocenters. The Morgan fingerprint density at radius 1 is 0.340 bits per heavy atom. The first-order valence-corrected chi connectivity index (χ1v) is 16.7. The average molecular weight is 639 g/mol. The summed E-state index contributed by atoms with van der Waals surface area (Å²) < 4.78 is 0. The Kier molecular flexibility index (Phi) is 7.45. The molecule has 6 aromatic carbocycles. The SMILES string of the molecule is c1ccc(-c2cc(-c3ccc(-c4ccc5nc(-c6ccccn6)c6cccc(-c7ccccc7)c6c5c4)cc3)nc(-c3ccccc3)n2)cc1. The van der Waals surface area contributed by atoms with Crippen molar-refractivity contribution in [1.82, 2.24) is 19.9 Å². The van der Waals surface area contributed by atoms with E-state index in [-0.39, 0.29) is 0 Å². The summed E-state index contributed by atoms with van der Waals surface area (Å²) in [5.74, 6) is 0.708. The highest BCUT2D eigenvalue weighted by molar-refractivity contribution is 6.17. The Hall–Kier alpha value is -6.78. The molecular formula is C46H30N4. The number of benzene rings is 6. The van der Waals surface area contributed by atoms with Gasteiger partial charge in [-0.3, -0.25) is 4.98 Å². The third kappa shape index (κ3) is 5.49. The minimum Gasteiger partial charge on any atom is -0.255 e. The fourth-order valence-corrected chi connectivity index (χ4v) is 6.69. The van der Waals surface area contributed by atoms with Crippen LogP contribution in [0, 0.1) is 0 Å². The van der Waals surface area contributed by atoms with Crippen molar-refractivity contribution >= 4 is 21.7 Å². The summed E-state index contributed by atoms with van der Waals surface area (Å²) in [6.45, 7) is 0. The zero-order valence-corrected chi connectivity index (χ0v) is 27.1. The zero-order chi connectivity index (χ0) is 33.3. The van der Waals surface area contributed by atoms with Crippen LogP contribution in [-0.2, 0) is 0 Å². The molecule has 3 aromatic heterocycles. The van der Waals surface area contributed by atoms with E-state index < -0.39 is 0 Å². The largest absolute Gasteiger partial charge is 0.255 e. The van der Waals surface area contributed by atoms with Crippen molar-refractivity contribution in [2.45, 2.75) is 0 Å². The van der Waals surface area contributed by atoms with E-state index in [0.717, 1.165) is 66.9 Å². The maximum atomic E-state index is 5.19. The number of nitrogens with zero attached hydrogens (tertiary/aromatic N) is 4. The maximum absolute atomic E-state index is 5.19. The van der Waals surface area contributed by atoms with E-state index in [1.807, 2.05) is 60.8 Å². The maximum Gasteiger partial charge on any atom is 0.160 e. The molecule has 0 spiro atoms. The van der Waals surface area contributed by atoms with Gasteiger partial charge in [0.2, 0.25) is 0 Å². The molecule has 0 bridgehead atoms. The fourth-order valence-electron chi connectivity index (χ4n) is 6.69. The highest BCUT2D eigenvalue weighted by atomic mass is 14.9. The molecule has 0 radical (unpaired) electrons. The van der Waals surface area contributed by atoms with Gasteiger partial charge in [-0.25, -0.2) is 15.0 Å². The molecule has 4 heteroatoms. The molecule has 9 rings (SSSR count). The van der Waals surface area contributed by atoms with Crippen molar-refractivity contribution in [2.75, 3.05) is 0 Å². The molecule has 50 heavy (non-hydrogen) atoms. The number of fused-ring (bicyclic) bond motifs is 3. The molecule has 0 aliphatic heterocycles. The van der Waals surface area contributed by atoms with E-state index in [2.05, 4.69) is 126 Å². The summed E-state index contributed by atoms with van der Waals surface area (Å²) in [5, 5.41) is 3.36. The monoisotopic (exact) mass is 638 g/mol.